The minimum Gasteiger partial charge on any atom is -0.493 e. The van der Waals surface area contributed by atoms with Crippen LogP contribution < -0.4 is 18.9 Å². The molecule has 1 aliphatic heterocycles. The highest BCUT2D eigenvalue weighted by atomic mass is 16.6. The van der Waals surface area contributed by atoms with Crippen LogP contribution in [0.2, 0.25) is 0 Å². The fraction of sp³-hybridized carbons (Fsp3) is 0.435. The van der Waals surface area contributed by atoms with Gasteiger partial charge in [0.2, 0.25) is 0 Å². The number of carboxylic acid groups (broad SMARTS) is 2. The Labute approximate surface area is 339 Å². The lowest BCUT2D eigenvalue weighted by atomic mass is 9.91. The van der Waals surface area contributed by atoms with Crippen molar-refractivity contribution >= 4 is 11.9 Å². The molecule has 6 rings (SSSR count). The van der Waals surface area contributed by atoms with Crippen molar-refractivity contribution in [1.82, 2.24) is 0 Å². The average molecular weight is 799 g/mol. The lowest BCUT2D eigenvalue weighted by Gasteiger charge is -2.23. The number of rotatable bonds is 10. The van der Waals surface area contributed by atoms with Gasteiger partial charge in [0.1, 0.15) is 36.2 Å². The van der Waals surface area contributed by atoms with E-state index in [9.17, 15) is 19.8 Å². The molecule has 12 heteroatoms. The number of para-hydroxylation sites is 4. The molecule has 12 nitrogen and oxygen atoms in total. The van der Waals surface area contributed by atoms with Crippen molar-refractivity contribution in [2.24, 2.45) is 0 Å². The second-order valence-electron chi connectivity index (χ2n) is 14.2. The van der Waals surface area contributed by atoms with Crippen molar-refractivity contribution in [3.8, 4) is 23.0 Å². The maximum absolute atomic E-state index is 11.4. The van der Waals surface area contributed by atoms with Gasteiger partial charge in [-0.3, -0.25) is 9.59 Å². The number of benzene rings is 4. The first-order valence-corrected chi connectivity index (χ1v) is 20.1. The van der Waals surface area contributed by atoms with E-state index in [1.165, 1.54) is 0 Å². The normalized spacial score (nSPS) is 15.7. The van der Waals surface area contributed by atoms with E-state index in [4.69, 9.17) is 37.9 Å². The molecule has 0 saturated carbocycles. The first kappa shape index (κ1) is 42.5. The van der Waals surface area contributed by atoms with Crippen molar-refractivity contribution in [2.45, 2.75) is 51.4 Å². The quantitative estimate of drug-likeness (QED) is 0.145. The van der Waals surface area contributed by atoms with Crippen LogP contribution in [0.25, 0.3) is 0 Å². The molecule has 4 aromatic rings. The largest absolute Gasteiger partial charge is 0.493 e. The third-order valence-electron chi connectivity index (χ3n) is 9.86. The Morgan fingerprint density at radius 1 is 0.431 bits per heavy atom. The van der Waals surface area contributed by atoms with Gasteiger partial charge in [-0.05, 0) is 57.3 Å². The van der Waals surface area contributed by atoms with Gasteiger partial charge >= 0.3 is 11.9 Å². The molecule has 1 heterocycles. The first-order valence-electron chi connectivity index (χ1n) is 20.1. The number of carboxylic acids is 2. The summed E-state index contributed by atoms with van der Waals surface area (Å²) in [6.45, 7) is 4.41. The Hall–Kier alpha value is -5.14. The Balaban J connectivity index is 1.47. The fourth-order valence-corrected chi connectivity index (χ4v) is 7.19. The number of aliphatic carboxylic acids is 2. The molecular formula is C46H54O12. The molecule has 0 radical (unpaired) electrons. The van der Waals surface area contributed by atoms with E-state index in [-0.39, 0.29) is 26.1 Å². The number of fused-ring (bicyclic) bond motifs is 2. The Morgan fingerprint density at radius 2 is 0.707 bits per heavy atom. The minimum atomic E-state index is -0.866. The van der Waals surface area contributed by atoms with Crippen LogP contribution in [0.1, 0.15) is 70.2 Å². The fourth-order valence-electron chi connectivity index (χ4n) is 7.19. The van der Waals surface area contributed by atoms with Gasteiger partial charge in [-0.15, -0.1) is 0 Å². The van der Waals surface area contributed by atoms with E-state index >= 15 is 0 Å². The molecule has 2 aliphatic rings. The number of ether oxygens (including phenoxy) is 8. The highest BCUT2D eigenvalue weighted by Crippen LogP contribution is 2.39. The van der Waals surface area contributed by atoms with Crippen LogP contribution in [0.3, 0.4) is 0 Å². The summed E-state index contributed by atoms with van der Waals surface area (Å²) in [6, 6.07) is 24.6. The Bertz CT molecular complexity index is 1720. The van der Waals surface area contributed by atoms with Crippen LogP contribution in [-0.4, -0.2) is 101 Å². The molecule has 0 spiro atoms. The lowest BCUT2D eigenvalue weighted by molar-refractivity contribution is -0.138. The molecule has 1 aliphatic carbocycles. The summed E-state index contributed by atoms with van der Waals surface area (Å²) in [7, 11) is 0. The van der Waals surface area contributed by atoms with Crippen molar-refractivity contribution in [3.05, 3.63) is 117 Å². The van der Waals surface area contributed by atoms with Crippen LogP contribution in [0.15, 0.2) is 72.8 Å². The predicted molar refractivity (Wildman–Crippen MR) is 216 cm³/mol. The third-order valence-corrected chi connectivity index (χ3v) is 9.86. The van der Waals surface area contributed by atoms with E-state index in [1.54, 1.807) is 0 Å². The van der Waals surface area contributed by atoms with Crippen LogP contribution in [0.4, 0.5) is 0 Å². The van der Waals surface area contributed by atoms with Crippen molar-refractivity contribution in [1.29, 1.82) is 0 Å². The van der Waals surface area contributed by atoms with E-state index in [0.717, 1.165) is 56.0 Å². The highest BCUT2D eigenvalue weighted by Gasteiger charge is 2.22. The number of hydrogen-bond donors (Lipinski definition) is 2. The summed E-state index contributed by atoms with van der Waals surface area (Å²) in [6.07, 6.45) is 2.69. The zero-order valence-electron chi connectivity index (χ0n) is 33.0. The zero-order valence-corrected chi connectivity index (χ0v) is 33.0. The van der Waals surface area contributed by atoms with E-state index in [1.807, 2.05) is 48.5 Å². The van der Waals surface area contributed by atoms with E-state index < -0.39 is 11.9 Å². The van der Waals surface area contributed by atoms with Gasteiger partial charge in [0, 0.05) is 38.5 Å². The minimum absolute atomic E-state index is 0.00533. The van der Waals surface area contributed by atoms with Gasteiger partial charge in [-0.25, -0.2) is 0 Å². The van der Waals surface area contributed by atoms with E-state index in [2.05, 4.69) is 24.3 Å². The molecule has 310 valence electrons. The second kappa shape index (κ2) is 22.7. The van der Waals surface area contributed by atoms with Gasteiger partial charge in [0.25, 0.3) is 0 Å². The van der Waals surface area contributed by atoms with Crippen LogP contribution >= 0.6 is 0 Å². The van der Waals surface area contributed by atoms with Crippen LogP contribution in [-0.2, 0) is 54.2 Å². The summed E-state index contributed by atoms with van der Waals surface area (Å²) in [5, 5.41) is 18.7. The molecule has 0 saturated heterocycles. The van der Waals surface area contributed by atoms with Crippen LogP contribution in [0.5, 0.6) is 23.0 Å². The van der Waals surface area contributed by atoms with Gasteiger partial charge < -0.3 is 48.1 Å². The van der Waals surface area contributed by atoms with Crippen molar-refractivity contribution < 1.29 is 57.7 Å². The smallest absolute Gasteiger partial charge is 0.303 e. The second-order valence-corrected chi connectivity index (χ2v) is 14.2. The van der Waals surface area contributed by atoms with Gasteiger partial charge in [-0.1, -0.05) is 72.8 Å². The van der Waals surface area contributed by atoms with Crippen molar-refractivity contribution in [2.75, 3.05) is 79.3 Å². The molecule has 4 aromatic carbocycles. The Morgan fingerprint density at radius 3 is 1.00 bits per heavy atom. The highest BCUT2D eigenvalue weighted by molar-refractivity contribution is 5.67. The first-order chi connectivity index (χ1) is 28.5. The molecule has 2 N–H and O–H groups in total. The van der Waals surface area contributed by atoms with Crippen molar-refractivity contribution in [3.63, 3.8) is 0 Å². The monoisotopic (exact) mass is 798 g/mol. The molecular weight excluding hydrogens is 744 g/mol. The van der Waals surface area contributed by atoms with Gasteiger partial charge in [0.15, 0.2) is 0 Å². The maximum atomic E-state index is 11.4. The van der Waals surface area contributed by atoms with Crippen LogP contribution in [0, 0.1) is 0 Å². The standard InChI is InChI=1S/C46H54O12/c47-41(48)15-5-17-55-43-33-7-1-8-34(43)30-38-12-4-14-40-32-36-10-2-9-35(44(36)56-18-6-16-42(49)50)31-39-13-3-11-37(29-33)45(39)57-27-25-53-23-21-51-19-20-52-22-24-54-26-28-58-46(38)40/h1-4,7-14H,5-6,15-32H2,(H,47,48)(H,49,50). The Kier molecular flexibility index (Phi) is 16.6. The maximum Gasteiger partial charge on any atom is 0.303 e. The summed E-state index contributed by atoms with van der Waals surface area (Å²) in [5.41, 5.74) is 7.60. The third kappa shape index (κ3) is 12.7. The lowest BCUT2D eigenvalue weighted by Crippen LogP contribution is -2.15. The average Bonchev–Trinajstić information content (AvgIpc) is 3.20. The molecule has 0 amide bonds. The summed E-state index contributed by atoms with van der Waals surface area (Å²) in [5.74, 6) is 1.18. The molecule has 0 unspecified atom stereocenters. The molecule has 58 heavy (non-hydrogen) atoms. The van der Waals surface area contributed by atoms with E-state index in [0.29, 0.717) is 116 Å². The predicted octanol–water partition coefficient (Wildman–Crippen LogP) is 6.69. The topological polar surface area (TPSA) is 148 Å². The summed E-state index contributed by atoms with van der Waals surface area (Å²) < 4.78 is 49.4. The summed E-state index contributed by atoms with van der Waals surface area (Å²) in [4.78, 5) is 22.8. The summed E-state index contributed by atoms with van der Waals surface area (Å²) >= 11 is 0. The molecule has 0 atom stereocenters. The molecule has 0 aromatic heterocycles. The molecule has 0 fully saturated rings. The van der Waals surface area contributed by atoms with Gasteiger partial charge in [0.05, 0.1) is 66.1 Å². The SMILES string of the molecule is O=C(O)CCCOc1c2cccc1Cc1cccc3c1OCCOCCOCCOCCOCCOc1c(cccc1Cc1cccc(c1OCCCC(=O)O)C3)C2. The molecule has 10 bridgehead atoms. The number of hydrogen-bond acceptors (Lipinski definition) is 10. The zero-order chi connectivity index (χ0) is 40.4. The number of carbonyl (C=O) groups is 2. The van der Waals surface area contributed by atoms with Gasteiger partial charge in [-0.2, -0.15) is 0 Å².